The molecule has 0 unspecified atom stereocenters. The quantitative estimate of drug-likeness (QED) is 0.579. The molecule has 0 aliphatic carbocycles. The smallest absolute Gasteiger partial charge is 0.263 e. The largest absolute Gasteiger partial charge is 0.479 e. The van der Waals surface area contributed by atoms with Crippen LogP contribution >= 0.6 is 0 Å². The number of aromatic nitrogens is 6. The second-order valence-electron chi connectivity index (χ2n) is 8.04. The zero-order chi connectivity index (χ0) is 23.8. The van der Waals surface area contributed by atoms with Crippen LogP contribution in [-0.2, 0) is 11.2 Å². The number of nitrogens with one attached hydrogen (secondary N) is 1. The van der Waals surface area contributed by atoms with Gasteiger partial charge in [0.2, 0.25) is 5.88 Å². The van der Waals surface area contributed by atoms with Crippen molar-refractivity contribution in [3.63, 3.8) is 0 Å². The number of hydrogen-bond donors (Lipinski definition) is 1. The van der Waals surface area contributed by atoms with E-state index in [9.17, 15) is 9.59 Å². The van der Waals surface area contributed by atoms with E-state index >= 15 is 0 Å². The molecule has 0 radical (unpaired) electrons. The maximum absolute atomic E-state index is 13.1. The summed E-state index contributed by atoms with van der Waals surface area (Å²) < 4.78 is 8.92. The summed E-state index contributed by atoms with van der Waals surface area (Å²) in [4.78, 5) is 30.2. The molecule has 11 nitrogen and oxygen atoms in total. The van der Waals surface area contributed by atoms with E-state index in [0.717, 1.165) is 18.7 Å². The normalized spacial score (nSPS) is 16.8. The van der Waals surface area contributed by atoms with E-state index in [0.29, 0.717) is 34.8 Å². The highest BCUT2D eigenvalue weighted by atomic mass is 16.5. The number of nitrogens with zero attached hydrogens (tertiary/aromatic N) is 7. The number of methoxy groups -OCH3 is 1. The Morgan fingerprint density at radius 1 is 1.26 bits per heavy atom. The maximum atomic E-state index is 13.1. The lowest BCUT2D eigenvalue weighted by molar-refractivity contribution is 0.102. The number of aryl methyl sites for hydroxylation is 1. The van der Waals surface area contributed by atoms with Crippen molar-refractivity contribution >= 4 is 23.4 Å². The molecule has 3 aromatic heterocycles. The van der Waals surface area contributed by atoms with Crippen molar-refractivity contribution in [1.29, 1.82) is 0 Å². The number of fused-ring (bicyclic) bond motifs is 1. The molecular weight excluding hydrogens is 436 g/mol. The molecule has 0 fully saturated rings. The third kappa shape index (κ3) is 3.67. The highest BCUT2D eigenvalue weighted by molar-refractivity contribution is 6.05. The van der Waals surface area contributed by atoms with E-state index in [1.807, 2.05) is 18.1 Å². The van der Waals surface area contributed by atoms with Gasteiger partial charge in [0, 0.05) is 31.9 Å². The topological polar surface area (TPSA) is 120 Å². The van der Waals surface area contributed by atoms with Crippen LogP contribution in [-0.4, -0.2) is 60.4 Å². The molecule has 2 aliphatic rings. The molecule has 0 spiro atoms. The van der Waals surface area contributed by atoms with Gasteiger partial charge in [-0.25, -0.2) is 14.5 Å². The van der Waals surface area contributed by atoms with Gasteiger partial charge in [0.15, 0.2) is 11.8 Å². The number of amides is 1. The van der Waals surface area contributed by atoms with Gasteiger partial charge in [0.1, 0.15) is 28.6 Å². The molecule has 172 valence electrons. The van der Waals surface area contributed by atoms with Crippen LogP contribution in [0.5, 0.6) is 5.88 Å². The minimum Gasteiger partial charge on any atom is -0.479 e. The summed E-state index contributed by atoms with van der Waals surface area (Å²) in [5, 5.41) is 15.7. The van der Waals surface area contributed by atoms with Gasteiger partial charge in [-0.2, -0.15) is 0 Å². The molecule has 11 heteroatoms. The summed E-state index contributed by atoms with van der Waals surface area (Å²) in [5.74, 6) is 3.60. The van der Waals surface area contributed by atoms with Crippen LogP contribution in [0.25, 0.3) is 17.2 Å². The minimum atomic E-state index is -0.421. The highest BCUT2D eigenvalue weighted by Crippen LogP contribution is 2.30. The van der Waals surface area contributed by atoms with E-state index in [4.69, 9.17) is 4.74 Å². The third-order valence-corrected chi connectivity index (χ3v) is 5.82. The number of ether oxygens (including phenoxy) is 1. The van der Waals surface area contributed by atoms with Crippen molar-refractivity contribution < 1.29 is 14.3 Å². The number of carbonyl (C=O) groups is 1. The number of carbonyl (C=O) groups excluding carboxylic acids is 2. The fourth-order valence-electron chi connectivity index (χ4n) is 4.04. The Morgan fingerprint density at radius 3 is 2.88 bits per heavy atom. The van der Waals surface area contributed by atoms with Gasteiger partial charge in [-0.3, -0.25) is 4.79 Å². The fraction of sp³-hybridized carbons (Fsp3) is 0.261. The van der Waals surface area contributed by atoms with Gasteiger partial charge in [0.25, 0.3) is 5.91 Å². The standard InChI is InChI=1S/C23H22N8O3/c1-14-7-10-20-26-27-21(31(14)20)18-5-4-6-19(24-18)25-22(33)17-12-30(28-23(17)34-3)15-8-9-16(13-32)29(2)11-15/h4-6,8-9,11-12,14H,7,10H2,1-3H3,(H,24,25,33)/t14-/m0/s1. The van der Waals surface area contributed by atoms with Crippen molar-refractivity contribution in [3.8, 4) is 17.4 Å². The summed E-state index contributed by atoms with van der Waals surface area (Å²) in [5.41, 5.74) is 1.90. The molecule has 34 heavy (non-hydrogen) atoms. The molecule has 1 N–H and O–H groups in total. The monoisotopic (exact) mass is 458 g/mol. The molecule has 5 rings (SSSR count). The summed E-state index contributed by atoms with van der Waals surface area (Å²) >= 11 is 0. The first kappa shape index (κ1) is 21.4. The lowest BCUT2D eigenvalue weighted by atomic mass is 10.2. The first-order valence-electron chi connectivity index (χ1n) is 10.7. The predicted octanol–water partition coefficient (Wildman–Crippen LogP) is 2.32. The van der Waals surface area contributed by atoms with Crippen LogP contribution in [0.3, 0.4) is 0 Å². The first-order valence-corrected chi connectivity index (χ1v) is 10.7. The Kier molecular flexibility index (Phi) is 5.31. The number of allylic oxidation sites excluding steroid dienone is 3. The lowest BCUT2D eigenvalue weighted by Gasteiger charge is -2.18. The summed E-state index contributed by atoms with van der Waals surface area (Å²) in [7, 11) is 3.17. The molecule has 1 amide bonds. The number of anilines is 1. The minimum absolute atomic E-state index is 0.159. The number of hydrogen-bond acceptors (Lipinski definition) is 8. The van der Waals surface area contributed by atoms with Gasteiger partial charge >= 0.3 is 0 Å². The third-order valence-electron chi connectivity index (χ3n) is 5.82. The van der Waals surface area contributed by atoms with Crippen LogP contribution in [0.1, 0.15) is 35.6 Å². The summed E-state index contributed by atoms with van der Waals surface area (Å²) in [6.45, 7) is 2.13. The summed E-state index contributed by atoms with van der Waals surface area (Å²) in [6.07, 6.45) is 8.50. The lowest BCUT2D eigenvalue weighted by Crippen LogP contribution is -2.15. The Morgan fingerprint density at radius 2 is 2.12 bits per heavy atom. The molecule has 3 aromatic rings. The second kappa shape index (κ2) is 8.45. The summed E-state index contributed by atoms with van der Waals surface area (Å²) in [6, 6.07) is 5.66. The van der Waals surface area contributed by atoms with Crippen LogP contribution in [0.15, 0.2) is 48.4 Å². The molecule has 0 aromatic carbocycles. The molecule has 2 aliphatic heterocycles. The van der Waals surface area contributed by atoms with E-state index in [1.54, 1.807) is 42.6 Å². The van der Waals surface area contributed by atoms with Gasteiger partial charge in [-0.05, 0) is 37.6 Å². The molecular formula is C23H22N8O3. The predicted molar refractivity (Wildman–Crippen MR) is 123 cm³/mol. The van der Waals surface area contributed by atoms with Crippen LogP contribution in [0.4, 0.5) is 5.82 Å². The Hall–Kier alpha value is -4.50. The number of likely N-dealkylation sites (N-methyl/N-ethyl adjacent to an activating group) is 1. The van der Waals surface area contributed by atoms with Crippen LogP contribution < -0.4 is 10.1 Å². The molecule has 0 saturated carbocycles. The van der Waals surface area contributed by atoms with Crippen molar-refractivity contribution in [2.24, 2.45) is 0 Å². The van der Waals surface area contributed by atoms with Crippen molar-refractivity contribution in [3.05, 3.63) is 59.8 Å². The fourth-order valence-corrected chi connectivity index (χ4v) is 4.04. The van der Waals surface area contributed by atoms with E-state index in [2.05, 4.69) is 37.1 Å². The Bertz CT molecular complexity index is 1390. The van der Waals surface area contributed by atoms with Crippen molar-refractivity contribution in [2.45, 2.75) is 25.8 Å². The number of rotatable bonds is 5. The van der Waals surface area contributed by atoms with Crippen LogP contribution in [0.2, 0.25) is 0 Å². The second-order valence-corrected chi connectivity index (χ2v) is 8.04. The van der Waals surface area contributed by atoms with E-state index in [1.165, 1.54) is 11.8 Å². The molecule has 0 bridgehead atoms. The van der Waals surface area contributed by atoms with Gasteiger partial charge < -0.3 is 19.5 Å². The van der Waals surface area contributed by atoms with Crippen molar-refractivity contribution in [2.75, 3.05) is 19.5 Å². The highest BCUT2D eigenvalue weighted by Gasteiger charge is 2.25. The Labute approximate surface area is 195 Å². The molecule has 1 atom stereocenters. The Balaban J connectivity index is 1.40. The van der Waals surface area contributed by atoms with Gasteiger partial charge in [0.05, 0.1) is 12.8 Å². The number of pyridine rings is 1. The van der Waals surface area contributed by atoms with Crippen LogP contribution in [0, 0.1) is 0 Å². The SMILES string of the molecule is COc1nn(C2=CN(C)C(=C=O)C=C2)cc1C(=O)Nc1cccc(-c2nnc3n2[C@@H](C)CC3)n1. The van der Waals surface area contributed by atoms with E-state index < -0.39 is 5.91 Å². The zero-order valence-electron chi connectivity index (χ0n) is 18.9. The average molecular weight is 458 g/mol. The first-order chi connectivity index (χ1) is 16.5. The average Bonchev–Trinajstić information content (AvgIpc) is 3.55. The van der Waals surface area contributed by atoms with Gasteiger partial charge in [-0.15, -0.1) is 15.3 Å². The molecule has 5 heterocycles. The molecule has 0 saturated heterocycles. The van der Waals surface area contributed by atoms with Crippen molar-refractivity contribution in [1.82, 2.24) is 34.4 Å². The maximum Gasteiger partial charge on any atom is 0.263 e. The van der Waals surface area contributed by atoms with Gasteiger partial charge in [-0.1, -0.05) is 6.07 Å². The zero-order valence-corrected chi connectivity index (χ0v) is 18.9. The van der Waals surface area contributed by atoms with E-state index in [-0.39, 0.29) is 11.4 Å².